The third kappa shape index (κ3) is 3.79. The molecule has 0 fully saturated rings. The van der Waals surface area contributed by atoms with Crippen molar-refractivity contribution in [2.75, 3.05) is 11.9 Å². The summed E-state index contributed by atoms with van der Waals surface area (Å²) in [5.41, 5.74) is 2.17. The van der Waals surface area contributed by atoms with Crippen LogP contribution >= 0.6 is 22.9 Å². The van der Waals surface area contributed by atoms with Crippen molar-refractivity contribution >= 4 is 45.8 Å². The molecular weight excluding hydrogens is 370 g/mol. The van der Waals surface area contributed by atoms with Crippen LogP contribution in [0.4, 0.5) is 5.00 Å². The van der Waals surface area contributed by atoms with E-state index in [-0.39, 0.29) is 11.8 Å². The Bertz CT molecular complexity index is 943. The lowest BCUT2D eigenvalue weighted by Crippen LogP contribution is -2.33. The Hall–Kier alpha value is -2.62. The Balaban J connectivity index is 1.78. The number of amides is 2. The van der Waals surface area contributed by atoms with Crippen LogP contribution in [0, 0.1) is 11.3 Å². The molecule has 0 radical (unpaired) electrons. The molecule has 0 atom stereocenters. The van der Waals surface area contributed by atoms with E-state index >= 15 is 0 Å². The number of thiophene rings is 1. The summed E-state index contributed by atoms with van der Waals surface area (Å²) < 4.78 is 0. The molecule has 1 N–H and O–H groups in total. The number of carbonyl (C=O) groups is 2. The van der Waals surface area contributed by atoms with Gasteiger partial charge in [0, 0.05) is 29.4 Å². The number of nitriles is 1. The van der Waals surface area contributed by atoms with E-state index in [1.807, 2.05) is 18.2 Å². The molecule has 0 aliphatic carbocycles. The number of halogens is 1. The van der Waals surface area contributed by atoms with Gasteiger partial charge in [-0.05, 0) is 29.7 Å². The second kappa shape index (κ2) is 7.73. The first-order valence-electron chi connectivity index (χ1n) is 8.03. The fraction of sp³-hybridized carbons (Fsp3) is 0.211. The summed E-state index contributed by atoms with van der Waals surface area (Å²) in [6.07, 6.45) is 3.65. The van der Waals surface area contributed by atoms with Gasteiger partial charge in [0.1, 0.15) is 11.1 Å². The molecule has 0 bridgehead atoms. The maximum absolute atomic E-state index is 12.2. The van der Waals surface area contributed by atoms with Crippen LogP contribution in [0.2, 0.25) is 5.02 Å². The molecule has 0 spiro atoms. The van der Waals surface area contributed by atoms with Gasteiger partial charge >= 0.3 is 0 Å². The maximum Gasteiger partial charge on any atom is 0.249 e. The third-order valence-corrected chi connectivity index (χ3v) is 5.65. The Morgan fingerprint density at radius 1 is 1.38 bits per heavy atom. The van der Waals surface area contributed by atoms with Crippen LogP contribution in [0.15, 0.2) is 30.3 Å². The SMILES string of the molecule is CC(=O)N1CCc2c(sc(NC(=O)C=Cc3ccccc3Cl)c2C#N)C1. The van der Waals surface area contributed by atoms with Gasteiger partial charge in [0.15, 0.2) is 0 Å². The summed E-state index contributed by atoms with van der Waals surface area (Å²) in [4.78, 5) is 26.5. The van der Waals surface area contributed by atoms with Gasteiger partial charge in [0.25, 0.3) is 0 Å². The molecular formula is C19H16ClN3O2S. The van der Waals surface area contributed by atoms with Crippen LogP contribution in [-0.2, 0) is 22.6 Å². The van der Waals surface area contributed by atoms with Crippen molar-refractivity contribution in [1.82, 2.24) is 4.90 Å². The van der Waals surface area contributed by atoms with Crippen LogP contribution in [0.5, 0.6) is 0 Å². The number of hydrogen-bond donors (Lipinski definition) is 1. The molecule has 3 rings (SSSR count). The normalized spacial score (nSPS) is 13.3. The van der Waals surface area contributed by atoms with Crippen LogP contribution in [0.3, 0.4) is 0 Å². The van der Waals surface area contributed by atoms with Crippen molar-refractivity contribution in [2.24, 2.45) is 0 Å². The second-order valence-electron chi connectivity index (χ2n) is 5.85. The van der Waals surface area contributed by atoms with E-state index in [2.05, 4.69) is 11.4 Å². The smallest absolute Gasteiger partial charge is 0.249 e. The molecule has 1 aromatic heterocycles. The fourth-order valence-electron chi connectivity index (χ4n) is 2.81. The van der Waals surface area contributed by atoms with Crippen molar-refractivity contribution in [2.45, 2.75) is 19.9 Å². The average Bonchev–Trinajstić information content (AvgIpc) is 2.96. The van der Waals surface area contributed by atoms with Gasteiger partial charge in [0.05, 0.1) is 12.1 Å². The van der Waals surface area contributed by atoms with Gasteiger partial charge in [-0.2, -0.15) is 5.26 Å². The van der Waals surface area contributed by atoms with E-state index < -0.39 is 0 Å². The van der Waals surface area contributed by atoms with Crippen molar-refractivity contribution < 1.29 is 9.59 Å². The molecule has 0 unspecified atom stereocenters. The van der Waals surface area contributed by atoms with E-state index in [1.165, 1.54) is 24.3 Å². The molecule has 7 heteroatoms. The monoisotopic (exact) mass is 385 g/mol. The molecule has 1 aliphatic heterocycles. The standard InChI is InChI=1S/C19H16ClN3O2S/c1-12(24)23-9-8-14-15(10-21)19(26-17(14)11-23)22-18(25)7-6-13-4-2-3-5-16(13)20/h2-7H,8-9,11H2,1H3,(H,22,25). The number of benzene rings is 1. The second-order valence-corrected chi connectivity index (χ2v) is 7.37. The molecule has 2 amide bonds. The number of fused-ring (bicyclic) bond motifs is 1. The summed E-state index contributed by atoms with van der Waals surface area (Å²) in [6, 6.07) is 9.40. The molecule has 2 aromatic rings. The lowest BCUT2D eigenvalue weighted by atomic mass is 10.0. The van der Waals surface area contributed by atoms with E-state index in [0.29, 0.717) is 35.1 Å². The van der Waals surface area contributed by atoms with Crippen LogP contribution in [0.1, 0.15) is 28.5 Å². The molecule has 0 saturated heterocycles. The first-order valence-corrected chi connectivity index (χ1v) is 9.22. The highest BCUT2D eigenvalue weighted by Crippen LogP contribution is 2.36. The Morgan fingerprint density at radius 3 is 2.85 bits per heavy atom. The zero-order valence-corrected chi connectivity index (χ0v) is 15.7. The molecule has 26 heavy (non-hydrogen) atoms. The minimum Gasteiger partial charge on any atom is -0.337 e. The first-order chi connectivity index (χ1) is 12.5. The molecule has 0 saturated carbocycles. The van der Waals surface area contributed by atoms with Gasteiger partial charge in [0.2, 0.25) is 11.8 Å². The van der Waals surface area contributed by atoms with Gasteiger partial charge in [-0.25, -0.2) is 0 Å². The highest BCUT2D eigenvalue weighted by atomic mass is 35.5. The average molecular weight is 386 g/mol. The molecule has 2 heterocycles. The van der Waals surface area contributed by atoms with E-state index in [0.717, 1.165) is 16.0 Å². The highest BCUT2D eigenvalue weighted by Gasteiger charge is 2.25. The predicted molar refractivity (Wildman–Crippen MR) is 103 cm³/mol. The highest BCUT2D eigenvalue weighted by molar-refractivity contribution is 7.16. The largest absolute Gasteiger partial charge is 0.337 e. The number of rotatable bonds is 3. The van der Waals surface area contributed by atoms with Crippen molar-refractivity contribution in [3.63, 3.8) is 0 Å². The zero-order chi connectivity index (χ0) is 18.7. The first kappa shape index (κ1) is 18.2. The third-order valence-electron chi connectivity index (χ3n) is 4.17. The quantitative estimate of drug-likeness (QED) is 0.816. The lowest BCUT2D eigenvalue weighted by molar-refractivity contribution is -0.129. The number of hydrogen-bond acceptors (Lipinski definition) is 4. The molecule has 132 valence electrons. The number of nitrogens with one attached hydrogen (secondary N) is 1. The summed E-state index contributed by atoms with van der Waals surface area (Å²) in [5, 5.41) is 13.3. The Morgan fingerprint density at radius 2 is 2.15 bits per heavy atom. The predicted octanol–water partition coefficient (Wildman–Crippen LogP) is 3.83. The summed E-state index contributed by atoms with van der Waals surface area (Å²) in [7, 11) is 0. The van der Waals surface area contributed by atoms with Crippen LogP contribution < -0.4 is 5.32 Å². The van der Waals surface area contributed by atoms with Crippen LogP contribution in [0.25, 0.3) is 6.08 Å². The Kier molecular flexibility index (Phi) is 5.40. The molecule has 1 aromatic carbocycles. The minimum absolute atomic E-state index is 0.0100. The minimum atomic E-state index is -0.330. The van der Waals surface area contributed by atoms with Gasteiger partial charge in [-0.3, -0.25) is 9.59 Å². The zero-order valence-electron chi connectivity index (χ0n) is 14.1. The Labute approximate surface area is 160 Å². The number of anilines is 1. The summed E-state index contributed by atoms with van der Waals surface area (Å²) in [6.45, 7) is 2.61. The van der Waals surface area contributed by atoms with Crippen molar-refractivity contribution in [3.05, 3.63) is 56.9 Å². The van der Waals surface area contributed by atoms with Crippen molar-refractivity contribution in [1.29, 1.82) is 5.26 Å². The number of nitrogens with zero attached hydrogens (tertiary/aromatic N) is 2. The molecule has 1 aliphatic rings. The lowest BCUT2D eigenvalue weighted by Gasteiger charge is -2.25. The van der Waals surface area contributed by atoms with Gasteiger partial charge in [-0.15, -0.1) is 11.3 Å². The summed E-state index contributed by atoms with van der Waals surface area (Å²) in [5.74, 6) is -0.320. The van der Waals surface area contributed by atoms with E-state index in [4.69, 9.17) is 11.6 Å². The van der Waals surface area contributed by atoms with Crippen molar-refractivity contribution in [3.8, 4) is 6.07 Å². The summed E-state index contributed by atoms with van der Waals surface area (Å²) >= 11 is 7.42. The van der Waals surface area contributed by atoms with Gasteiger partial charge < -0.3 is 10.2 Å². The maximum atomic E-state index is 12.2. The fourth-order valence-corrected chi connectivity index (χ4v) is 4.22. The van der Waals surface area contributed by atoms with E-state index in [1.54, 1.807) is 17.0 Å². The van der Waals surface area contributed by atoms with E-state index in [9.17, 15) is 14.9 Å². The number of carbonyl (C=O) groups excluding carboxylic acids is 2. The van der Waals surface area contributed by atoms with Gasteiger partial charge in [-0.1, -0.05) is 29.8 Å². The van der Waals surface area contributed by atoms with Crippen LogP contribution in [-0.4, -0.2) is 23.3 Å². The topological polar surface area (TPSA) is 73.2 Å². The molecule has 5 nitrogen and oxygen atoms in total.